The summed E-state index contributed by atoms with van der Waals surface area (Å²) in [6.07, 6.45) is 1.75. The third-order valence-electron chi connectivity index (χ3n) is 1.81. The van der Waals surface area contributed by atoms with E-state index in [1.54, 1.807) is 6.07 Å². The van der Waals surface area contributed by atoms with E-state index >= 15 is 0 Å². The molecule has 0 radical (unpaired) electrons. The van der Waals surface area contributed by atoms with E-state index in [-0.39, 0.29) is 5.75 Å². The largest absolute Gasteiger partial charge is 0.435 e. The first-order chi connectivity index (χ1) is 7.13. The molecule has 0 spiro atoms. The van der Waals surface area contributed by atoms with Crippen LogP contribution >= 0.6 is 12.6 Å². The zero-order valence-electron chi connectivity index (χ0n) is 7.82. The van der Waals surface area contributed by atoms with Gasteiger partial charge in [-0.25, -0.2) is 0 Å². The summed E-state index contributed by atoms with van der Waals surface area (Å²) in [4.78, 5) is 10.7. The monoisotopic (exact) mass is 232 g/mol. The van der Waals surface area contributed by atoms with Crippen molar-refractivity contribution in [1.82, 2.24) is 0 Å². The Kier molecular flexibility index (Phi) is 4.55. The molecule has 2 nitrogen and oxygen atoms in total. The Hall–Kier alpha value is -1.10. The molecule has 0 aliphatic heterocycles. The second kappa shape index (κ2) is 5.70. The van der Waals surface area contributed by atoms with Crippen LogP contribution < -0.4 is 4.74 Å². The predicted octanol–water partition coefficient (Wildman–Crippen LogP) is 2.71. The maximum atomic E-state index is 11.9. The highest BCUT2D eigenvalue weighted by molar-refractivity contribution is 7.80. The van der Waals surface area contributed by atoms with Crippen molar-refractivity contribution >= 4 is 18.9 Å². The maximum Gasteiger partial charge on any atom is 0.387 e. The molecule has 15 heavy (non-hydrogen) atoms. The number of alkyl halides is 2. The Balaban J connectivity index is 2.73. The predicted molar refractivity (Wildman–Crippen MR) is 54.7 cm³/mol. The first-order valence-corrected chi connectivity index (χ1v) is 4.78. The molecule has 82 valence electrons. The van der Waals surface area contributed by atoms with Crippen LogP contribution in [0.4, 0.5) is 8.78 Å². The van der Waals surface area contributed by atoms with Gasteiger partial charge in [-0.3, -0.25) is 0 Å². The van der Waals surface area contributed by atoms with Crippen molar-refractivity contribution < 1.29 is 18.3 Å². The fraction of sp³-hybridized carbons (Fsp3) is 0.300. The van der Waals surface area contributed by atoms with Crippen molar-refractivity contribution in [2.75, 3.05) is 0 Å². The molecule has 0 bridgehead atoms. The Morgan fingerprint density at radius 3 is 2.73 bits per heavy atom. The summed E-state index contributed by atoms with van der Waals surface area (Å²) in [7, 11) is 0. The SMILES string of the molecule is O=CCCc1ccc(OC(F)F)cc1S. The molecule has 0 fully saturated rings. The van der Waals surface area contributed by atoms with E-state index in [4.69, 9.17) is 0 Å². The van der Waals surface area contributed by atoms with Crippen LogP contribution in [0.25, 0.3) is 0 Å². The van der Waals surface area contributed by atoms with Crippen molar-refractivity contribution in [3.05, 3.63) is 23.8 Å². The van der Waals surface area contributed by atoms with Gasteiger partial charge in [-0.1, -0.05) is 6.07 Å². The van der Waals surface area contributed by atoms with Gasteiger partial charge in [0.25, 0.3) is 0 Å². The molecule has 0 saturated carbocycles. The number of hydrogen-bond acceptors (Lipinski definition) is 3. The fourth-order valence-electron chi connectivity index (χ4n) is 1.15. The van der Waals surface area contributed by atoms with Crippen molar-refractivity contribution in [1.29, 1.82) is 0 Å². The Labute approximate surface area is 91.7 Å². The highest BCUT2D eigenvalue weighted by Gasteiger charge is 2.06. The van der Waals surface area contributed by atoms with Crippen LogP contribution in [-0.2, 0) is 11.2 Å². The smallest absolute Gasteiger partial charge is 0.387 e. The van der Waals surface area contributed by atoms with Crippen molar-refractivity contribution in [2.45, 2.75) is 24.3 Å². The summed E-state index contributed by atoms with van der Waals surface area (Å²) in [6.45, 7) is -2.83. The van der Waals surface area contributed by atoms with Gasteiger partial charge in [0.15, 0.2) is 0 Å². The lowest BCUT2D eigenvalue weighted by molar-refractivity contribution is -0.107. The zero-order chi connectivity index (χ0) is 11.3. The molecule has 0 unspecified atom stereocenters. The Morgan fingerprint density at radius 1 is 1.47 bits per heavy atom. The number of carbonyl (C=O) groups is 1. The molecule has 0 aromatic heterocycles. The number of halogens is 2. The van der Waals surface area contributed by atoms with Crippen LogP contribution in [0.15, 0.2) is 23.1 Å². The third kappa shape index (κ3) is 3.87. The van der Waals surface area contributed by atoms with E-state index in [1.165, 1.54) is 12.1 Å². The van der Waals surface area contributed by atoms with Crippen molar-refractivity contribution in [3.8, 4) is 5.75 Å². The van der Waals surface area contributed by atoms with E-state index < -0.39 is 6.61 Å². The highest BCUT2D eigenvalue weighted by Crippen LogP contribution is 2.23. The molecule has 1 aromatic rings. The van der Waals surface area contributed by atoms with Gasteiger partial charge in [0.05, 0.1) is 0 Å². The lowest BCUT2D eigenvalue weighted by atomic mass is 10.1. The minimum Gasteiger partial charge on any atom is -0.435 e. The quantitative estimate of drug-likeness (QED) is 0.624. The molecule has 0 aliphatic rings. The number of carbonyl (C=O) groups excluding carboxylic acids is 1. The number of benzene rings is 1. The highest BCUT2D eigenvalue weighted by atomic mass is 32.1. The Bertz CT molecular complexity index is 342. The molecule has 1 rings (SSSR count). The number of aryl methyl sites for hydroxylation is 1. The van der Waals surface area contributed by atoms with Crippen molar-refractivity contribution in [3.63, 3.8) is 0 Å². The molecule has 5 heteroatoms. The van der Waals surface area contributed by atoms with Crippen LogP contribution in [0.2, 0.25) is 0 Å². The molecule has 0 heterocycles. The fourth-order valence-corrected chi connectivity index (χ4v) is 1.46. The number of rotatable bonds is 5. The molecule has 0 amide bonds. The summed E-state index contributed by atoms with van der Waals surface area (Å²) in [6, 6.07) is 4.48. The number of aldehydes is 1. The molecule has 0 atom stereocenters. The summed E-state index contributed by atoms with van der Waals surface area (Å²) in [5, 5.41) is 0. The van der Waals surface area contributed by atoms with Gasteiger partial charge in [0.1, 0.15) is 12.0 Å². The van der Waals surface area contributed by atoms with E-state index in [0.29, 0.717) is 17.7 Å². The lowest BCUT2D eigenvalue weighted by Crippen LogP contribution is -2.02. The van der Waals surface area contributed by atoms with Crippen LogP contribution in [0.3, 0.4) is 0 Å². The summed E-state index contributed by atoms with van der Waals surface area (Å²) in [5.74, 6) is 0.0739. The second-order valence-electron chi connectivity index (χ2n) is 2.87. The molecule has 0 N–H and O–H groups in total. The van der Waals surface area contributed by atoms with Gasteiger partial charge in [0, 0.05) is 11.3 Å². The van der Waals surface area contributed by atoms with Gasteiger partial charge < -0.3 is 9.53 Å². The standard InChI is InChI=1S/C10H10F2O2S/c11-10(12)14-8-4-3-7(2-1-5-13)9(15)6-8/h3-6,10,15H,1-2H2. The molecular weight excluding hydrogens is 222 g/mol. The maximum absolute atomic E-state index is 11.9. The molecule has 1 aromatic carbocycles. The number of hydrogen-bond donors (Lipinski definition) is 1. The molecular formula is C10H10F2O2S. The summed E-state index contributed by atoms with van der Waals surface area (Å²) < 4.78 is 27.9. The first kappa shape index (κ1) is 12.0. The van der Waals surface area contributed by atoms with Gasteiger partial charge >= 0.3 is 6.61 Å². The first-order valence-electron chi connectivity index (χ1n) is 4.34. The van der Waals surface area contributed by atoms with Crippen LogP contribution in [-0.4, -0.2) is 12.9 Å². The second-order valence-corrected chi connectivity index (χ2v) is 3.36. The molecule has 0 aliphatic carbocycles. The van der Waals surface area contributed by atoms with Crippen molar-refractivity contribution in [2.24, 2.45) is 0 Å². The average molecular weight is 232 g/mol. The van der Waals surface area contributed by atoms with Gasteiger partial charge in [-0.2, -0.15) is 8.78 Å². The summed E-state index contributed by atoms with van der Waals surface area (Å²) in [5.41, 5.74) is 0.840. The topological polar surface area (TPSA) is 26.3 Å². The van der Waals surface area contributed by atoms with Crippen LogP contribution in [0.1, 0.15) is 12.0 Å². The lowest BCUT2D eigenvalue weighted by Gasteiger charge is -2.07. The van der Waals surface area contributed by atoms with E-state index in [9.17, 15) is 13.6 Å². The van der Waals surface area contributed by atoms with Gasteiger partial charge in [-0.05, 0) is 24.1 Å². The van der Waals surface area contributed by atoms with Gasteiger partial charge in [0.2, 0.25) is 0 Å². The minimum absolute atomic E-state index is 0.0739. The summed E-state index contributed by atoms with van der Waals surface area (Å²) >= 11 is 4.12. The Morgan fingerprint density at radius 2 is 2.20 bits per heavy atom. The number of ether oxygens (including phenoxy) is 1. The zero-order valence-corrected chi connectivity index (χ0v) is 8.72. The molecule has 0 saturated heterocycles. The van der Waals surface area contributed by atoms with E-state index in [2.05, 4.69) is 17.4 Å². The van der Waals surface area contributed by atoms with Gasteiger partial charge in [-0.15, -0.1) is 12.6 Å². The average Bonchev–Trinajstić information content (AvgIpc) is 2.15. The number of thiol groups is 1. The normalized spacial score (nSPS) is 10.4. The van der Waals surface area contributed by atoms with E-state index in [1.807, 2.05) is 0 Å². The van der Waals surface area contributed by atoms with E-state index in [0.717, 1.165) is 11.8 Å². The third-order valence-corrected chi connectivity index (χ3v) is 2.23. The minimum atomic E-state index is -2.83. The van der Waals surface area contributed by atoms with Crippen LogP contribution in [0, 0.1) is 0 Å². The van der Waals surface area contributed by atoms with Crippen LogP contribution in [0.5, 0.6) is 5.75 Å².